The first kappa shape index (κ1) is 11.7. The smallest absolute Gasteiger partial charge is 0.0363 e. The molecule has 2 aromatic carbocycles. The maximum atomic E-state index is 2.27. The van der Waals surface area contributed by atoms with Crippen LogP contribution in [0.4, 0.5) is 5.69 Å². The van der Waals surface area contributed by atoms with Crippen molar-refractivity contribution < 1.29 is 0 Å². The number of nitrogens with zero attached hydrogens (tertiary/aromatic N) is 1. The average Bonchev–Trinajstić information content (AvgIpc) is 2.38. The summed E-state index contributed by atoms with van der Waals surface area (Å²) in [6, 6.07) is 19.4. The van der Waals surface area contributed by atoms with Crippen molar-refractivity contribution in [3.63, 3.8) is 0 Å². The fourth-order valence-electron chi connectivity index (χ4n) is 1.92. The van der Waals surface area contributed by atoms with Crippen molar-refractivity contribution in [2.24, 2.45) is 0 Å². The van der Waals surface area contributed by atoms with Gasteiger partial charge in [0, 0.05) is 19.8 Å². The van der Waals surface area contributed by atoms with Crippen LogP contribution in [0.3, 0.4) is 0 Å². The van der Waals surface area contributed by atoms with E-state index in [1.807, 2.05) is 0 Å². The summed E-state index contributed by atoms with van der Waals surface area (Å²) in [6.45, 7) is 0. The first-order chi connectivity index (χ1) is 8.25. The Labute approximate surface area is 104 Å². The van der Waals surface area contributed by atoms with Gasteiger partial charge in [-0.3, -0.25) is 0 Å². The third-order valence-corrected chi connectivity index (χ3v) is 2.97. The molecule has 88 valence electrons. The minimum atomic E-state index is 1.10. The van der Waals surface area contributed by atoms with Crippen LogP contribution in [-0.4, -0.2) is 14.1 Å². The van der Waals surface area contributed by atoms with Crippen LogP contribution in [0.2, 0.25) is 0 Å². The van der Waals surface area contributed by atoms with Crippen molar-refractivity contribution in [3.05, 3.63) is 65.7 Å². The molecule has 2 rings (SSSR count). The lowest BCUT2D eigenvalue weighted by molar-refractivity contribution is 0.957. The molecule has 0 aliphatic heterocycles. The second-order valence-electron chi connectivity index (χ2n) is 4.55. The van der Waals surface area contributed by atoms with Crippen molar-refractivity contribution in [3.8, 4) is 0 Å². The van der Waals surface area contributed by atoms with E-state index in [9.17, 15) is 0 Å². The number of hydrogen-bond acceptors (Lipinski definition) is 1. The Hall–Kier alpha value is -1.76. The van der Waals surface area contributed by atoms with E-state index in [1.165, 1.54) is 16.8 Å². The summed E-state index contributed by atoms with van der Waals surface area (Å²) < 4.78 is 0. The van der Waals surface area contributed by atoms with Crippen LogP contribution >= 0.6 is 0 Å². The lowest BCUT2D eigenvalue weighted by Crippen LogP contribution is -2.08. The highest BCUT2D eigenvalue weighted by Crippen LogP contribution is 2.15. The molecule has 0 atom stereocenters. The largest absolute Gasteiger partial charge is 0.378 e. The fourth-order valence-corrected chi connectivity index (χ4v) is 1.92. The van der Waals surface area contributed by atoms with Crippen molar-refractivity contribution >= 4 is 5.69 Å². The highest BCUT2D eigenvalue weighted by Gasteiger charge is 1.98. The first-order valence-corrected chi connectivity index (χ1v) is 6.06. The Bertz CT molecular complexity index is 460. The summed E-state index contributed by atoms with van der Waals surface area (Å²) in [4.78, 5) is 2.14. The van der Waals surface area contributed by atoms with Crippen LogP contribution in [0.1, 0.15) is 11.1 Å². The molecule has 0 saturated heterocycles. The second kappa shape index (κ2) is 5.53. The maximum Gasteiger partial charge on any atom is 0.0363 e. The molecular weight excluding hydrogens is 206 g/mol. The predicted molar refractivity (Wildman–Crippen MR) is 74.6 cm³/mol. The van der Waals surface area contributed by atoms with Gasteiger partial charge in [-0.25, -0.2) is 0 Å². The molecule has 2 aromatic rings. The molecule has 17 heavy (non-hydrogen) atoms. The van der Waals surface area contributed by atoms with E-state index in [0.717, 1.165) is 12.8 Å². The number of rotatable bonds is 4. The van der Waals surface area contributed by atoms with Crippen LogP contribution in [0.25, 0.3) is 0 Å². The van der Waals surface area contributed by atoms with E-state index in [2.05, 4.69) is 73.6 Å². The fraction of sp³-hybridized carbons (Fsp3) is 0.250. The molecule has 0 heterocycles. The Morgan fingerprint density at radius 1 is 0.765 bits per heavy atom. The summed E-state index contributed by atoms with van der Waals surface area (Å²) in [5.41, 5.74) is 4.08. The summed E-state index contributed by atoms with van der Waals surface area (Å²) in [5.74, 6) is 0. The molecule has 0 saturated carbocycles. The van der Waals surface area contributed by atoms with Crippen molar-refractivity contribution in [1.82, 2.24) is 0 Å². The van der Waals surface area contributed by atoms with Gasteiger partial charge in [-0.1, -0.05) is 42.5 Å². The third kappa shape index (κ3) is 3.35. The van der Waals surface area contributed by atoms with E-state index in [4.69, 9.17) is 0 Å². The summed E-state index contributed by atoms with van der Waals surface area (Å²) >= 11 is 0. The molecule has 0 bridgehead atoms. The van der Waals surface area contributed by atoms with Gasteiger partial charge in [0.25, 0.3) is 0 Å². The van der Waals surface area contributed by atoms with Crippen LogP contribution in [0.15, 0.2) is 54.6 Å². The van der Waals surface area contributed by atoms with Crippen molar-refractivity contribution in [2.75, 3.05) is 19.0 Å². The highest BCUT2D eigenvalue weighted by atomic mass is 15.1. The zero-order valence-corrected chi connectivity index (χ0v) is 10.6. The van der Waals surface area contributed by atoms with Crippen LogP contribution < -0.4 is 4.90 Å². The zero-order chi connectivity index (χ0) is 12.1. The molecule has 0 radical (unpaired) electrons. The van der Waals surface area contributed by atoms with Crippen LogP contribution in [-0.2, 0) is 12.8 Å². The molecule has 0 aliphatic rings. The monoisotopic (exact) mass is 225 g/mol. The molecule has 0 aromatic heterocycles. The number of aryl methyl sites for hydroxylation is 2. The van der Waals surface area contributed by atoms with E-state index >= 15 is 0 Å². The number of benzene rings is 2. The lowest BCUT2D eigenvalue weighted by atomic mass is 10.0. The second-order valence-corrected chi connectivity index (χ2v) is 4.55. The standard InChI is InChI=1S/C16H19N/c1-17(2)16-10-6-9-15(13-16)12-11-14-7-4-3-5-8-14/h3-10,13H,11-12H2,1-2H3. The van der Waals surface area contributed by atoms with E-state index in [-0.39, 0.29) is 0 Å². The van der Waals surface area contributed by atoms with Gasteiger partial charge >= 0.3 is 0 Å². The minimum Gasteiger partial charge on any atom is -0.378 e. The van der Waals surface area contributed by atoms with Gasteiger partial charge in [0.1, 0.15) is 0 Å². The number of hydrogen-bond donors (Lipinski definition) is 0. The van der Waals surface area contributed by atoms with Crippen LogP contribution in [0.5, 0.6) is 0 Å². The van der Waals surface area contributed by atoms with E-state index < -0.39 is 0 Å². The Balaban J connectivity index is 2.02. The molecule has 0 spiro atoms. The topological polar surface area (TPSA) is 3.24 Å². The highest BCUT2D eigenvalue weighted by molar-refractivity contribution is 5.47. The quantitative estimate of drug-likeness (QED) is 0.769. The third-order valence-electron chi connectivity index (χ3n) is 2.97. The lowest BCUT2D eigenvalue weighted by Gasteiger charge is -2.13. The van der Waals surface area contributed by atoms with Gasteiger partial charge in [0.05, 0.1) is 0 Å². The van der Waals surface area contributed by atoms with E-state index in [1.54, 1.807) is 0 Å². The molecule has 1 nitrogen and oxygen atoms in total. The van der Waals surface area contributed by atoms with E-state index in [0.29, 0.717) is 0 Å². The molecule has 1 heteroatoms. The molecule has 0 amide bonds. The molecule has 0 N–H and O–H groups in total. The van der Waals surface area contributed by atoms with Crippen molar-refractivity contribution in [2.45, 2.75) is 12.8 Å². The Morgan fingerprint density at radius 3 is 2.12 bits per heavy atom. The average molecular weight is 225 g/mol. The van der Waals surface area contributed by atoms with Gasteiger partial charge in [0.15, 0.2) is 0 Å². The Morgan fingerprint density at radius 2 is 1.41 bits per heavy atom. The van der Waals surface area contributed by atoms with Gasteiger partial charge in [-0.15, -0.1) is 0 Å². The summed E-state index contributed by atoms with van der Waals surface area (Å²) in [7, 11) is 4.16. The zero-order valence-electron chi connectivity index (χ0n) is 10.6. The predicted octanol–water partition coefficient (Wildman–Crippen LogP) is 3.54. The summed E-state index contributed by atoms with van der Waals surface area (Å²) in [5, 5.41) is 0. The molecule has 0 fully saturated rings. The normalized spacial score (nSPS) is 10.2. The van der Waals surface area contributed by atoms with Crippen LogP contribution in [0, 0.1) is 0 Å². The minimum absolute atomic E-state index is 1.10. The molecule has 0 aliphatic carbocycles. The SMILES string of the molecule is CN(C)c1cccc(CCc2ccccc2)c1. The first-order valence-electron chi connectivity index (χ1n) is 6.06. The number of anilines is 1. The van der Waals surface area contributed by atoms with Gasteiger partial charge in [-0.05, 0) is 36.1 Å². The molecule has 0 unspecified atom stereocenters. The van der Waals surface area contributed by atoms with Gasteiger partial charge < -0.3 is 4.90 Å². The van der Waals surface area contributed by atoms with Gasteiger partial charge in [0.2, 0.25) is 0 Å². The Kier molecular flexibility index (Phi) is 3.81. The summed E-state index contributed by atoms with van der Waals surface area (Å²) in [6.07, 6.45) is 2.21. The maximum absolute atomic E-state index is 2.27. The van der Waals surface area contributed by atoms with Gasteiger partial charge in [-0.2, -0.15) is 0 Å². The van der Waals surface area contributed by atoms with Crippen molar-refractivity contribution in [1.29, 1.82) is 0 Å². The molecular formula is C16H19N.